The van der Waals surface area contributed by atoms with Crippen molar-refractivity contribution in [1.82, 2.24) is 4.72 Å². The third-order valence-corrected chi connectivity index (χ3v) is 4.80. The van der Waals surface area contributed by atoms with Gasteiger partial charge in [-0.25, -0.2) is 4.79 Å². The zero-order valence-corrected chi connectivity index (χ0v) is 15.7. The SMILES string of the molecule is CCOC(=O)C(F)(F)C(COCc1ccccc1)N[S+]([O-])C(C)(C)C. The summed E-state index contributed by atoms with van der Waals surface area (Å²) in [5.74, 6) is -5.53. The normalized spacial score (nSPS) is 14.8. The van der Waals surface area contributed by atoms with Gasteiger partial charge in [0.25, 0.3) is 0 Å². The number of alkyl halides is 2. The second-order valence-electron chi connectivity index (χ2n) is 6.40. The molecule has 0 bridgehead atoms. The lowest BCUT2D eigenvalue weighted by Gasteiger charge is -2.30. The van der Waals surface area contributed by atoms with E-state index in [2.05, 4.69) is 9.46 Å². The summed E-state index contributed by atoms with van der Waals surface area (Å²) in [5.41, 5.74) is 0.803. The van der Waals surface area contributed by atoms with Gasteiger partial charge in [-0.05, 0) is 33.3 Å². The highest BCUT2D eigenvalue weighted by Gasteiger charge is 2.52. The molecule has 0 aliphatic rings. The average molecular weight is 377 g/mol. The first-order valence-electron chi connectivity index (χ1n) is 7.93. The summed E-state index contributed by atoms with van der Waals surface area (Å²) < 4.78 is 52.3. The van der Waals surface area contributed by atoms with Gasteiger partial charge in [-0.15, -0.1) is 4.72 Å². The largest absolute Gasteiger partial charge is 0.598 e. The van der Waals surface area contributed by atoms with Crippen LogP contribution in [-0.4, -0.2) is 40.4 Å². The Morgan fingerprint density at radius 3 is 2.40 bits per heavy atom. The summed E-state index contributed by atoms with van der Waals surface area (Å²) in [5, 5.41) is 0. The Hall–Kier alpha value is -1.22. The molecule has 2 unspecified atom stereocenters. The number of benzene rings is 1. The molecular weight excluding hydrogens is 352 g/mol. The zero-order valence-electron chi connectivity index (χ0n) is 14.9. The third-order valence-electron chi connectivity index (χ3n) is 3.19. The number of hydrogen-bond donors (Lipinski definition) is 1. The van der Waals surface area contributed by atoms with Crippen LogP contribution in [0.15, 0.2) is 30.3 Å². The first-order valence-corrected chi connectivity index (χ1v) is 9.08. The fourth-order valence-electron chi connectivity index (χ4n) is 1.76. The van der Waals surface area contributed by atoms with Crippen molar-refractivity contribution in [3.05, 3.63) is 35.9 Å². The minimum absolute atomic E-state index is 0.0973. The molecule has 0 aromatic heterocycles. The van der Waals surface area contributed by atoms with E-state index >= 15 is 0 Å². The van der Waals surface area contributed by atoms with Gasteiger partial charge in [-0.3, -0.25) is 0 Å². The lowest BCUT2D eigenvalue weighted by molar-refractivity contribution is -0.177. The maximum atomic E-state index is 14.4. The van der Waals surface area contributed by atoms with Crippen LogP contribution in [0.1, 0.15) is 33.3 Å². The molecule has 0 heterocycles. The van der Waals surface area contributed by atoms with Crippen molar-refractivity contribution in [2.75, 3.05) is 13.2 Å². The Labute approximate surface area is 150 Å². The van der Waals surface area contributed by atoms with Gasteiger partial charge in [0.15, 0.2) is 6.04 Å². The molecule has 0 amide bonds. The summed E-state index contributed by atoms with van der Waals surface area (Å²) in [6, 6.07) is 7.25. The number of esters is 1. The van der Waals surface area contributed by atoms with Gasteiger partial charge in [0.1, 0.15) is 4.75 Å². The first kappa shape index (κ1) is 21.8. The summed E-state index contributed by atoms with van der Waals surface area (Å²) in [4.78, 5) is 11.6. The van der Waals surface area contributed by atoms with E-state index in [9.17, 15) is 18.1 Å². The molecule has 0 saturated carbocycles. The van der Waals surface area contributed by atoms with Crippen LogP contribution in [0.5, 0.6) is 0 Å². The molecule has 1 rings (SSSR count). The molecular formula is C17H25F2NO4S. The quantitative estimate of drug-likeness (QED) is 0.529. The fourth-order valence-corrected chi connectivity index (χ4v) is 2.59. The van der Waals surface area contributed by atoms with Crippen LogP contribution in [0.2, 0.25) is 0 Å². The van der Waals surface area contributed by atoms with Gasteiger partial charge >= 0.3 is 11.9 Å². The van der Waals surface area contributed by atoms with Crippen LogP contribution in [0.3, 0.4) is 0 Å². The number of carbonyl (C=O) groups excluding carboxylic acids is 1. The number of hydrogen-bond acceptors (Lipinski definition) is 5. The number of ether oxygens (including phenoxy) is 2. The van der Waals surface area contributed by atoms with Crippen LogP contribution < -0.4 is 4.72 Å². The van der Waals surface area contributed by atoms with Gasteiger partial charge in [0.2, 0.25) is 0 Å². The van der Waals surface area contributed by atoms with E-state index in [1.165, 1.54) is 6.92 Å². The minimum atomic E-state index is -3.87. The maximum absolute atomic E-state index is 14.4. The highest BCUT2D eigenvalue weighted by atomic mass is 32.2. The molecule has 0 aliphatic heterocycles. The van der Waals surface area contributed by atoms with Crippen molar-refractivity contribution >= 4 is 17.3 Å². The van der Waals surface area contributed by atoms with Crippen molar-refractivity contribution in [1.29, 1.82) is 0 Å². The van der Waals surface area contributed by atoms with Gasteiger partial charge in [0, 0.05) is 11.4 Å². The monoisotopic (exact) mass is 377 g/mol. The van der Waals surface area contributed by atoms with Crippen LogP contribution in [0, 0.1) is 0 Å². The summed E-state index contributed by atoms with van der Waals surface area (Å²) in [7, 11) is 0. The fraction of sp³-hybridized carbons (Fsp3) is 0.588. The predicted molar refractivity (Wildman–Crippen MR) is 92.5 cm³/mol. The van der Waals surface area contributed by atoms with Crippen molar-refractivity contribution in [2.24, 2.45) is 0 Å². The topological polar surface area (TPSA) is 70.6 Å². The lowest BCUT2D eigenvalue weighted by Crippen LogP contribution is -2.57. The molecule has 2 atom stereocenters. The molecule has 8 heteroatoms. The molecule has 0 fully saturated rings. The van der Waals surface area contributed by atoms with Crippen LogP contribution in [0.4, 0.5) is 8.78 Å². The Kier molecular flexibility index (Phi) is 8.27. The van der Waals surface area contributed by atoms with Gasteiger partial charge in [-0.1, -0.05) is 30.3 Å². The number of halogens is 2. The van der Waals surface area contributed by atoms with Crippen molar-refractivity contribution in [3.63, 3.8) is 0 Å². The van der Waals surface area contributed by atoms with E-state index in [4.69, 9.17) is 4.74 Å². The smallest absolute Gasteiger partial charge is 0.379 e. The molecule has 1 N–H and O–H groups in total. The Morgan fingerprint density at radius 1 is 1.28 bits per heavy atom. The van der Waals surface area contributed by atoms with E-state index < -0.39 is 40.6 Å². The minimum Gasteiger partial charge on any atom is -0.598 e. The molecule has 0 saturated heterocycles. The van der Waals surface area contributed by atoms with Crippen LogP contribution in [0.25, 0.3) is 0 Å². The summed E-state index contributed by atoms with van der Waals surface area (Å²) >= 11 is -1.80. The molecule has 25 heavy (non-hydrogen) atoms. The second kappa shape index (κ2) is 9.47. The standard InChI is InChI=1S/C17H25F2NO4S/c1-5-24-15(21)17(18,19)14(20-25(22)16(2,3)4)12-23-11-13-9-7-6-8-10-13/h6-10,14,20H,5,11-12H2,1-4H3. The Balaban J connectivity index is 2.81. The van der Waals surface area contributed by atoms with Gasteiger partial charge < -0.3 is 14.0 Å². The van der Waals surface area contributed by atoms with E-state index in [-0.39, 0.29) is 13.2 Å². The molecule has 5 nitrogen and oxygen atoms in total. The molecule has 1 aromatic carbocycles. The maximum Gasteiger partial charge on any atom is 0.379 e. The molecule has 142 valence electrons. The molecule has 0 aliphatic carbocycles. The number of rotatable bonds is 9. The van der Waals surface area contributed by atoms with Crippen LogP contribution >= 0.6 is 0 Å². The second-order valence-corrected chi connectivity index (χ2v) is 8.39. The Bertz CT molecular complexity index is 537. The van der Waals surface area contributed by atoms with Crippen LogP contribution in [-0.2, 0) is 32.2 Å². The number of nitrogens with one attached hydrogen (secondary N) is 1. The predicted octanol–water partition coefficient (Wildman–Crippen LogP) is 2.82. The molecule has 0 spiro atoms. The molecule has 1 aromatic rings. The third kappa shape index (κ3) is 6.89. The lowest BCUT2D eigenvalue weighted by atomic mass is 10.1. The number of carbonyl (C=O) groups is 1. The van der Waals surface area contributed by atoms with E-state index in [1.54, 1.807) is 45.0 Å². The average Bonchev–Trinajstić information content (AvgIpc) is 2.54. The van der Waals surface area contributed by atoms with Gasteiger partial charge in [0.05, 0.1) is 19.8 Å². The highest BCUT2D eigenvalue weighted by molar-refractivity contribution is 7.90. The highest BCUT2D eigenvalue weighted by Crippen LogP contribution is 2.24. The zero-order chi connectivity index (χ0) is 19.1. The first-order chi connectivity index (χ1) is 11.6. The van der Waals surface area contributed by atoms with Crippen molar-refractivity contribution in [3.8, 4) is 0 Å². The van der Waals surface area contributed by atoms with E-state index in [0.29, 0.717) is 0 Å². The van der Waals surface area contributed by atoms with E-state index in [0.717, 1.165) is 5.56 Å². The van der Waals surface area contributed by atoms with Crippen molar-refractivity contribution in [2.45, 2.75) is 51.0 Å². The van der Waals surface area contributed by atoms with Crippen molar-refractivity contribution < 1.29 is 27.6 Å². The Morgan fingerprint density at radius 2 is 1.88 bits per heavy atom. The summed E-state index contributed by atoms with van der Waals surface area (Å²) in [6.45, 7) is 5.79. The van der Waals surface area contributed by atoms with E-state index in [1.807, 2.05) is 6.07 Å². The molecule has 0 radical (unpaired) electrons. The summed E-state index contributed by atoms with van der Waals surface area (Å²) in [6.07, 6.45) is 0. The van der Waals surface area contributed by atoms with Gasteiger partial charge in [-0.2, -0.15) is 8.78 Å².